The predicted octanol–water partition coefficient (Wildman–Crippen LogP) is 5.68. The third-order valence-corrected chi connectivity index (χ3v) is 8.25. The van der Waals surface area contributed by atoms with Crippen LogP contribution in [-0.4, -0.2) is 55.5 Å². The van der Waals surface area contributed by atoms with E-state index < -0.39 is 50.9 Å². The van der Waals surface area contributed by atoms with Crippen molar-refractivity contribution in [2.75, 3.05) is 23.7 Å². The summed E-state index contributed by atoms with van der Waals surface area (Å²) in [7, 11) is 0. The Hall–Kier alpha value is -4.52. The van der Waals surface area contributed by atoms with Gasteiger partial charge in [-0.1, -0.05) is 32.0 Å². The van der Waals surface area contributed by atoms with Gasteiger partial charge in [-0.3, -0.25) is 9.78 Å². The highest BCUT2D eigenvalue weighted by Gasteiger charge is 2.35. The van der Waals surface area contributed by atoms with Crippen molar-refractivity contribution in [2.45, 2.75) is 52.6 Å². The number of piperazine rings is 1. The molecule has 2 N–H and O–H groups in total. The molecule has 0 bridgehead atoms. The lowest BCUT2D eigenvalue weighted by molar-refractivity contribution is -0.130. The summed E-state index contributed by atoms with van der Waals surface area (Å²) in [6, 6.07) is 1.97. The third-order valence-electron chi connectivity index (χ3n) is 7.91. The predicted molar refractivity (Wildman–Crippen MR) is 165 cm³/mol. The van der Waals surface area contributed by atoms with Crippen molar-refractivity contribution >= 4 is 40.0 Å². The van der Waals surface area contributed by atoms with Gasteiger partial charge >= 0.3 is 5.69 Å². The van der Waals surface area contributed by atoms with Crippen LogP contribution in [0.5, 0.6) is 0 Å². The van der Waals surface area contributed by atoms with Crippen LogP contribution < -0.4 is 16.3 Å². The zero-order chi connectivity index (χ0) is 33.1. The van der Waals surface area contributed by atoms with Crippen LogP contribution >= 0.6 is 11.6 Å². The van der Waals surface area contributed by atoms with Crippen molar-refractivity contribution in [3.8, 4) is 16.9 Å². The zero-order valence-corrected chi connectivity index (χ0v) is 25.9. The van der Waals surface area contributed by atoms with Crippen LogP contribution in [0.4, 0.5) is 29.1 Å². The first-order valence-electron chi connectivity index (χ1n) is 14.1. The number of nitrogens with two attached hydrogens (primary N) is 1. The molecule has 0 aliphatic carbocycles. The SMILES string of the molecule is C=CC(=O)N1[C@H](C)CN(c2nc(=O)n(-c3c(C)ccnc3C(C)C)c3nc(-c4c(N)c(F)c(F)c(Cl)c4F)c(F)cc23)C[C@@H]1C. The van der Waals surface area contributed by atoms with Crippen LogP contribution in [0.3, 0.4) is 0 Å². The van der Waals surface area contributed by atoms with E-state index in [1.165, 1.54) is 6.08 Å². The van der Waals surface area contributed by atoms with Gasteiger partial charge in [0.05, 0.1) is 28.0 Å². The standard InChI is InChI=1S/C31H30ClF4N7O2/c1-7-19(44)42-15(5)11-41(12-16(42)6)29-17-10-18(33)27(20-22(34)21(32)23(35)24(36)25(20)37)39-30(17)43(31(45)40-29)28-14(4)8-9-38-26(28)13(2)3/h7-10,13,15-16H,1,11-12,37H2,2-6H3/t15-,16+. The molecule has 0 unspecified atom stereocenters. The average molecular weight is 644 g/mol. The normalized spacial score (nSPS) is 17.0. The van der Waals surface area contributed by atoms with Gasteiger partial charge < -0.3 is 15.5 Å². The van der Waals surface area contributed by atoms with Crippen LogP contribution in [0, 0.1) is 30.2 Å². The number of hydrogen-bond acceptors (Lipinski definition) is 7. The van der Waals surface area contributed by atoms with E-state index in [0.717, 1.165) is 10.6 Å². The zero-order valence-electron chi connectivity index (χ0n) is 25.1. The number of pyridine rings is 2. The molecule has 236 valence electrons. The van der Waals surface area contributed by atoms with Gasteiger partial charge in [-0.05, 0) is 50.5 Å². The van der Waals surface area contributed by atoms with Crippen LogP contribution in [0.2, 0.25) is 5.02 Å². The van der Waals surface area contributed by atoms with Crippen molar-refractivity contribution in [1.82, 2.24) is 24.4 Å². The Morgan fingerprint density at radius 2 is 1.76 bits per heavy atom. The number of halogens is 5. The Bertz CT molecular complexity index is 1910. The molecule has 1 saturated heterocycles. The van der Waals surface area contributed by atoms with E-state index in [0.29, 0.717) is 16.9 Å². The van der Waals surface area contributed by atoms with Crippen molar-refractivity contribution < 1.29 is 22.4 Å². The molecule has 4 aromatic rings. The second-order valence-electron chi connectivity index (χ2n) is 11.4. The molecule has 5 rings (SSSR count). The van der Waals surface area contributed by atoms with Crippen molar-refractivity contribution in [2.24, 2.45) is 0 Å². The fourth-order valence-electron chi connectivity index (χ4n) is 5.92. The number of aromatic nitrogens is 4. The van der Waals surface area contributed by atoms with Gasteiger partial charge in [0.2, 0.25) is 5.91 Å². The van der Waals surface area contributed by atoms with Gasteiger partial charge in [0.1, 0.15) is 16.5 Å². The fraction of sp³-hybridized carbons (Fsp3) is 0.323. The molecule has 0 radical (unpaired) electrons. The second kappa shape index (κ2) is 11.8. The van der Waals surface area contributed by atoms with Crippen LogP contribution in [0.1, 0.15) is 44.9 Å². The molecule has 2 atom stereocenters. The Kier molecular flexibility index (Phi) is 8.34. The Morgan fingerprint density at radius 1 is 1.11 bits per heavy atom. The molecule has 14 heteroatoms. The lowest BCUT2D eigenvalue weighted by Crippen LogP contribution is -2.58. The molecule has 0 spiro atoms. The summed E-state index contributed by atoms with van der Waals surface area (Å²) in [5.41, 5.74) is 3.46. The molecule has 0 saturated carbocycles. The Morgan fingerprint density at radius 3 is 2.36 bits per heavy atom. The molecule has 1 aliphatic heterocycles. The largest absolute Gasteiger partial charge is 0.396 e. The average Bonchev–Trinajstić information content (AvgIpc) is 2.99. The van der Waals surface area contributed by atoms with Gasteiger partial charge in [0, 0.05) is 31.4 Å². The highest BCUT2D eigenvalue weighted by atomic mass is 35.5. The highest BCUT2D eigenvalue weighted by Crippen LogP contribution is 2.40. The van der Waals surface area contributed by atoms with E-state index in [1.807, 2.05) is 27.7 Å². The molecular formula is C31H30ClF4N7O2. The summed E-state index contributed by atoms with van der Waals surface area (Å²) < 4.78 is 61.3. The number of fused-ring (bicyclic) bond motifs is 1. The monoisotopic (exact) mass is 643 g/mol. The number of aryl methyl sites for hydroxylation is 1. The number of anilines is 2. The lowest BCUT2D eigenvalue weighted by atomic mass is 10.0. The molecule has 9 nitrogen and oxygen atoms in total. The molecule has 1 aliphatic rings. The number of nitrogen functional groups attached to an aromatic ring is 1. The summed E-state index contributed by atoms with van der Waals surface area (Å²) in [5.74, 6) is -6.46. The molecule has 1 aromatic carbocycles. The quantitative estimate of drug-likeness (QED) is 0.0980. The number of benzene rings is 1. The number of rotatable bonds is 5. The first kappa shape index (κ1) is 31.9. The number of carbonyl (C=O) groups excluding carboxylic acids is 1. The number of amides is 1. The topological polar surface area (TPSA) is 110 Å². The second-order valence-corrected chi connectivity index (χ2v) is 11.7. The third kappa shape index (κ3) is 5.18. The van der Waals surface area contributed by atoms with Gasteiger partial charge in [-0.25, -0.2) is 31.9 Å². The van der Waals surface area contributed by atoms with Crippen LogP contribution in [0.15, 0.2) is 35.8 Å². The van der Waals surface area contributed by atoms with Crippen molar-refractivity contribution in [3.05, 3.63) is 81.0 Å². The molecule has 4 heterocycles. The summed E-state index contributed by atoms with van der Waals surface area (Å²) in [6.07, 6.45) is 2.80. The van der Waals surface area contributed by atoms with Crippen LogP contribution in [-0.2, 0) is 4.79 Å². The molecular weight excluding hydrogens is 614 g/mol. The maximum absolute atomic E-state index is 16.0. The van der Waals surface area contributed by atoms with Crippen molar-refractivity contribution in [3.63, 3.8) is 0 Å². The number of hydrogen-bond donors (Lipinski definition) is 1. The van der Waals surface area contributed by atoms with Crippen LogP contribution in [0.25, 0.3) is 28.0 Å². The number of nitrogens with zero attached hydrogens (tertiary/aromatic N) is 6. The van der Waals surface area contributed by atoms with Crippen molar-refractivity contribution in [1.29, 1.82) is 0 Å². The molecule has 3 aromatic heterocycles. The maximum Gasteiger partial charge on any atom is 0.355 e. The minimum Gasteiger partial charge on any atom is -0.396 e. The van der Waals surface area contributed by atoms with E-state index in [-0.39, 0.29) is 53.8 Å². The van der Waals surface area contributed by atoms with E-state index >= 15 is 8.78 Å². The summed E-state index contributed by atoms with van der Waals surface area (Å²) in [4.78, 5) is 43.1. The summed E-state index contributed by atoms with van der Waals surface area (Å²) in [5, 5.41) is -1.17. The smallest absolute Gasteiger partial charge is 0.355 e. The molecule has 45 heavy (non-hydrogen) atoms. The Balaban J connectivity index is 1.87. The maximum atomic E-state index is 16.0. The van der Waals surface area contributed by atoms with E-state index in [1.54, 1.807) is 29.0 Å². The van der Waals surface area contributed by atoms with Gasteiger partial charge in [-0.15, -0.1) is 0 Å². The minimum absolute atomic E-state index is 0.0596. The highest BCUT2D eigenvalue weighted by molar-refractivity contribution is 6.31. The van der Waals surface area contributed by atoms with E-state index in [2.05, 4.69) is 21.5 Å². The first-order chi connectivity index (χ1) is 21.2. The fourth-order valence-corrected chi connectivity index (χ4v) is 6.10. The summed E-state index contributed by atoms with van der Waals surface area (Å²) >= 11 is 5.70. The van der Waals surface area contributed by atoms with E-state index in [4.69, 9.17) is 17.3 Å². The Labute approximate surface area is 261 Å². The molecule has 1 fully saturated rings. The first-order valence-corrected chi connectivity index (χ1v) is 14.5. The minimum atomic E-state index is -1.73. The van der Waals surface area contributed by atoms with Gasteiger partial charge in [0.25, 0.3) is 0 Å². The van der Waals surface area contributed by atoms with Gasteiger partial charge in [-0.2, -0.15) is 4.98 Å². The summed E-state index contributed by atoms with van der Waals surface area (Å²) in [6.45, 7) is 13.1. The number of carbonyl (C=O) groups is 1. The van der Waals surface area contributed by atoms with Gasteiger partial charge in [0.15, 0.2) is 28.9 Å². The lowest BCUT2D eigenvalue weighted by Gasteiger charge is -2.44. The molecule has 1 amide bonds. The van der Waals surface area contributed by atoms with E-state index in [9.17, 15) is 18.4 Å².